The zero-order chi connectivity index (χ0) is 18.5. The molecule has 0 atom stereocenters. The first-order valence-corrected chi connectivity index (χ1v) is 9.78. The van der Waals surface area contributed by atoms with E-state index in [0.29, 0.717) is 26.1 Å². The van der Waals surface area contributed by atoms with Gasteiger partial charge in [0.25, 0.3) is 0 Å². The van der Waals surface area contributed by atoms with Gasteiger partial charge in [0, 0.05) is 31.7 Å². The van der Waals surface area contributed by atoms with Crippen LogP contribution in [0.25, 0.3) is 0 Å². The Bertz CT molecular complexity index is 806. The Balaban J connectivity index is 1.16. The molecule has 1 amide bonds. The fourth-order valence-corrected chi connectivity index (χ4v) is 3.73. The smallest absolute Gasteiger partial charge is 0.220 e. The third-order valence-corrected chi connectivity index (χ3v) is 5.16. The van der Waals surface area contributed by atoms with Gasteiger partial charge in [0.15, 0.2) is 11.5 Å². The lowest BCUT2D eigenvalue weighted by molar-refractivity contribution is -0.121. The van der Waals surface area contributed by atoms with Gasteiger partial charge < -0.3 is 19.7 Å². The van der Waals surface area contributed by atoms with Gasteiger partial charge in [-0.3, -0.25) is 4.79 Å². The van der Waals surface area contributed by atoms with Gasteiger partial charge in [0.2, 0.25) is 5.91 Å². The zero-order valence-corrected chi connectivity index (χ0v) is 15.6. The number of hydrogen-bond donors (Lipinski definition) is 1. The zero-order valence-electron chi connectivity index (χ0n) is 15.6. The molecule has 0 saturated carbocycles. The molecule has 0 aliphatic carbocycles. The highest BCUT2D eigenvalue weighted by Crippen LogP contribution is 2.31. The molecule has 5 heteroatoms. The van der Waals surface area contributed by atoms with Crippen molar-refractivity contribution in [2.45, 2.75) is 25.7 Å². The van der Waals surface area contributed by atoms with Crippen molar-refractivity contribution in [3.8, 4) is 11.5 Å². The van der Waals surface area contributed by atoms with Crippen LogP contribution in [-0.4, -0.2) is 38.8 Å². The lowest BCUT2D eigenvalue weighted by Crippen LogP contribution is -2.29. The Morgan fingerprint density at radius 1 is 1.07 bits per heavy atom. The fraction of sp³-hybridized carbons (Fsp3) is 0.409. The maximum absolute atomic E-state index is 12.1. The van der Waals surface area contributed by atoms with Gasteiger partial charge in [-0.25, -0.2) is 0 Å². The van der Waals surface area contributed by atoms with Crippen molar-refractivity contribution in [1.82, 2.24) is 5.32 Å². The summed E-state index contributed by atoms with van der Waals surface area (Å²) in [5, 5.41) is 3.04. The van der Waals surface area contributed by atoms with Gasteiger partial charge in [-0.15, -0.1) is 0 Å². The van der Waals surface area contributed by atoms with Crippen LogP contribution in [0.3, 0.4) is 0 Å². The number of carbonyl (C=O) groups excluding carboxylic acids is 1. The van der Waals surface area contributed by atoms with Gasteiger partial charge in [-0.1, -0.05) is 24.3 Å². The number of amides is 1. The first-order valence-electron chi connectivity index (χ1n) is 9.78. The topological polar surface area (TPSA) is 50.8 Å². The Morgan fingerprint density at radius 2 is 1.93 bits per heavy atom. The molecule has 0 fully saturated rings. The van der Waals surface area contributed by atoms with Crippen molar-refractivity contribution in [3.05, 3.63) is 53.6 Å². The predicted octanol–water partition coefficient (Wildman–Crippen LogP) is 2.96. The van der Waals surface area contributed by atoms with Crippen LogP contribution in [-0.2, 0) is 17.6 Å². The number of para-hydroxylation sites is 1. The van der Waals surface area contributed by atoms with E-state index in [9.17, 15) is 4.79 Å². The minimum Gasteiger partial charge on any atom is -0.486 e. The van der Waals surface area contributed by atoms with E-state index in [-0.39, 0.29) is 5.91 Å². The van der Waals surface area contributed by atoms with Gasteiger partial charge in [-0.05, 0) is 48.6 Å². The normalized spacial score (nSPS) is 14.7. The third-order valence-electron chi connectivity index (χ3n) is 5.16. The lowest BCUT2D eigenvalue weighted by Gasteiger charge is -2.19. The maximum Gasteiger partial charge on any atom is 0.220 e. The Kier molecular flexibility index (Phi) is 5.47. The molecule has 1 N–H and O–H groups in total. The summed E-state index contributed by atoms with van der Waals surface area (Å²) in [5.74, 6) is 1.68. The summed E-state index contributed by atoms with van der Waals surface area (Å²) in [5.41, 5.74) is 3.88. The summed E-state index contributed by atoms with van der Waals surface area (Å²) < 4.78 is 11.1. The number of benzene rings is 2. The highest BCUT2D eigenvalue weighted by Gasteiger charge is 2.17. The second-order valence-corrected chi connectivity index (χ2v) is 7.05. The second-order valence-electron chi connectivity index (χ2n) is 7.05. The number of rotatable bonds is 7. The van der Waals surface area contributed by atoms with Crippen molar-refractivity contribution in [3.63, 3.8) is 0 Å². The van der Waals surface area contributed by atoms with Crippen LogP contribution in [0.2, 0.25) is 0 Å². The fourth-order valence-electron chi connectivity index (χ4n) is 3.73. The Morgan fingerprint density at radius 3 is 2.85 bits per heavy atom. The predicted molar refractivity (Wildman–Crippen MR) is 106 cm³/mol. The third kappa shape index (κ3) is 4.35. The summed E-state index contributed by atoms with van der Waals surface area (Å²) in [6.07, 6.45) is 3.29. The summed E-state index contributed by atoms with van der Waals surface area (Å²) in [7, 11) is 0. The molecule has 2 aromatic rings. The van der Waals surface area contributed by atoms with E-state index in [0.717, 1.165) is 49.5 Å². The van der Waals surface area contributed by atoms with Crippen LogP contribution in [0.4, 0.5) is 5.69 Å². The highest BCUT2D eigenvalue weighted by atomic mass is 16.6. The van der Waals surface area contributed by atoms with Crippen molar-refractivity contribution in [1.29, 1.82) is 0 Å². The highest BCUT2D eigenvalue weighted by molar-refractivity contribution is 5.76. The Hall–Kier alpha value is -2.69. The number of nitrogens with zero attached hydrogens (tertiary/aromatic N) is 1. The molecule has 2 aliphatic rings. The Labute approximate surface area is 160 Å². The SMILES string of the molecule is O=C(CCc1ccc2c(c1)OCCO2)NCCCN1CCc2ccccc21. The standard InChI is InChI=1S/C22H26N2O3/c25-22(9-7-17-6-8-20-21(16-17)27-15-14-26-20)23-11-3-12-24-13-10-18-4-1-2-5-19(18)24/h1-2,4-6,8,16H,3,7,9-15H2,(H,23,25). The molecule has 0 radical (unpaired) electrons. The lowest BCUT2D eigenvalue weighted by atomic mass is 10.1. The van der Waals surface area contributed by atoms with Gasteiger partial charge in [0.05, 0.1) is 0 Å². The van der Waals surface area contributed by atoms with Crippen LogP contribution < -0.4 is 19.7 Å². The van der Waals surface area contributed by atoms with E-state index >= 15 is 0 Å². The van der Waals surface area contributed by atoms with Crippen molar-refractivity contribution in [2.24, 2.45) is 0 Å². The first-order chi connectivity index (χ1) is 13.3. The number of anilines is 1. The minimum atomic E-state index is 0.103. The van der Waals surface area contributed by atoms with Crippen molar-refractivity contribution >= 4 is 11.6 Å². The molecule has 0 spiro atoms. The molecule has 27 heavy (non-hydrogen) atoms. The molecule has 0 aromatic heterocycles. The second kappa shape index (κ2) is 8.33. The minimum absolute atomic E-state index is 0.103. The molecule has 2 aliphatic heterocycles. The quantitative estimate of drug-likeness (QED) is 0.766. The number of ether oxygens (including phenoxy) is 2. The van der Waals surface area contributed by atoms with Crippen LogP contribution in [0.1, 0.15) is 24.0 Å². The summed E-state index contributed by atoms with van der Waals surface area (Å²) in [6.45, 7) is 3.96. The van der Waals surface area contributed by atoms with Crippen molar-refractivity contribution < 1.29 is 14.3 Å². The number of fused-ring (bicyclic) bond motifs is 2. The molecule has 0 saturated heterocycles. The summed E-state index contributed by atoms with van der Waals surface area (Å²) in [6, 6.07) is 14.5. The van der Waals surface area contributed by atoms with Gasteiger partial charge >= 0.3 is 0 Å². The molecule has 142 valence electrons. The van der Waals surface area contributed by atoms with E-state index in [1.165, 1.54) is 11.3 Å². The largest absolute Gasteiger partial charge is 0.486 e. The van der Waals surface area contributed by atoms with E-state index in [1.807, 2.05) is 18.2 Å². The average Bonchev–Trinajstić information content (AvgIpc) is 3.13. The number of aryl methyl sites for hydroxylation is 1. The van der Waals surface area contributed by atoms with Crippen molar-refractivity contribution in [2.75, 3.05) is 37.7 Å². The number of hydrogen-bond acceptors (Lipinski definition) is 4. The molecular weight excluding hydrogens is 340 g/mol. The van der Waals surface area contributed by atoms with E-state index < -0.39 is 0 Å². The molecule has 2 heterocycles. The number of nitrogens with one attached hydrogen (secondary N) is 1. The van der Waals surface area contributed by atoms with Crippen LogP contribution >= 0.6 is 0 Å². The monoisotopic (exact) mass is 366 g/mol. The average molecular weight is 366 g/mol. The van der Waals surface area contributed by atoms with E-state index in [1.54, 1.807) is 0 Å². The molecular formula is C22H26N2O3. The van der Waals surface area contributed by atoms with E-state index in [4.69, 9.17) is 9.47 Å². The van der Waals surface area contributed by atoms with Gasteiger partial charge in [0.1, 0.15) is 13.2 Å². The number of carbonyl (C=O) groups is 1. The molecule has 2 aromatic carbocycles. The summed E-state index contributed by atoms with van der Waals surface area (Å²) >= 11 is 0. The summed E-state index contributed by atoms with van der Waals surface area (Å²) in [4.78, 5) is 14.5. The molecule has 0 bridgehead atoms. The van der Waals surface area contributed by atoms with E-state index in [2.05, 4.69) is 34.5 Å². The molecule has 4 rings (SSSR count). The molecule has 0 unspecified atom stereocenters. The maximum atomic E-state index is 12.1. The van der Waals surface area contributed by atoms with Crippen LogP contribution in [0, 0.1) is 0 Å². The van der Waals surface area contributed by atoms with Crippen LogP contribution in [0.15, 0.2) is 42.5 Å². The molecule has 5 nitrogen and oxygen atoms in total. The van der Waals surface area contributed by atoms with Crippen LogP contribution in [0.5, 0.6) is 11.5 Å². The first kappa shape index (κ1) is 17.7. The van der Waals surface area contributed by atoms with Gasteiger partial charge in [-0.2, -0.15) is 0 Å².